The molecule has 0 aliphatic rings. The molecule has 8 aromatic carbocycles. The molecule has 10 rings (SSSR count). The number of benzene rings is 8. The SMILES string of the molecule is Cc1ccc(-c2ccc3c4ccccc4n(-c4cc(-c5c(F)cccc5F)cc(-n5c6ccccc6c6ccc(-c7ccc(C)cc7C)cc65)c4C(F)(F)F)c3c2)c(C)c1. The first kappa shape index (κ1) is 37.3. The van der Waals surface area contributed by atoms with Crippen molar-refractivity contribution in [2.24, 2.45) is 0 Å². The minimum atomic E-state index is -4.94. The third-order valence-electron chi connectivity index (χ3n) is 11.8. The zero-order valence-corrected chi connectivity index (χ0v) is 33.2. The molecule has 0 spiro atoms. The molecular weight excluding hydrogens is 760 g/mol. The molecule has 0 saturated carbocycles. The number of nitrogens with zero attached hydrogens (tertiary/aromatic N) is 2. The molecule has 60 heavy (non-hydrogen) atoms. The van der Waals surface area contributed by atoms with Crippen LogP contribution in [0.2, 0.25) is 0 Å². The molecule has 7 heteroatoms. The van der Waals surface area contributed by atoms with Crippen molar-refractivity contribution >= 4 is 43.6 Å². The van der Waals surface area contributed by atoms with Gasteiger partial charge in [0.05, 0.1) is 39.0 Å². The van der Waals surface area contributed by atoms with E-state index < -0.39 is 28.9 Å². The normalized spacial score (nSPS) is 12.1. The highest BCUT2D eigenvalue weighted by molar-refractivity contribution is 6.12. The summed E-state index contributed by atoms with van der Waals surface area (Å²) in [5.74, 6) is -1.77. The van der Waals surface area contributed by atoms with Gasteiger partial charge in [-0.05, 0) is 115 Å². The molecule has 0 radical (unpaired) electrons. The molecular formula is C53H37F5N2. The first-order valence-corrected chi connectivity index (χ1v) is 19.8. The molecule has 0 aliphatic heterocycles. The Bertz CT molecular complexity index is 3170. The van der Waals surface area contributed by atoms with Crippen LogP contribution >= 0.6 is 0 Å². The molecule has 2 nitrogen and oxygen atoms in total. The lowest BCUT2D eigenvalue weighted by Gasteiger charge is -2.23. The summed E-state index contributed by atoms with van der Waals surface area (Å²) in [7, 11) is 0. The molecule has 0 aliphatic carbocycles. The summed E-state index contributed by atoms with van der Waals surface area (Å²) in [5, 5.41) is 2.97. The van der Waals surface area contributed by atoms with Gasteiger partial charge in [0.1, 0.15) is 17.2 Å². The summed E-state index contributed by atoms with van der Waals surface area (Å²) in [4.78, 5) is 0. The Labute approximate surface area is 343 Å². The minimum Gasteiger partial charge on any atom is -0.309 e. The van der Waals surface area contributed by atoms with E-state index in [2.05, 4.69) is 12.1 Å². The number of aromatic nitrogens is 2. The van der Waals surface area contributed by atoms with Crippen molar-refractivity contribution in [1.29, 1.82) is 0 Å². The quantitative estimate of drug-likeness (QED) is 0.154. The van der Waals surface area contributed by atoms with Gasteiger partial charge in [-0.1, -0.05) is 114 Å². The Hall–Kier alpha value is -6.99. The van der Waals surface area contributed by atoms with Crippen LogP contribution in [-0.4, -0.2) is 9.13 Å². The Kier molecular flexibility index (Phi) is 8.58. The third-order valence-corrected chi connectivity index (χ3v) is 11.8. The summed E-state index contributed by atoms with van der Waals surface area (Å²) in [6.45, 7) is 8.06. The number of aryl methyl sites for hydroxylation is 4. The van der Waals surface area contributed by atoms with Crippen molar-refractivity contribution in [2.75, 3.05) is 0 Å². The number of halogens is 5. The number of rotatable bonds is 5. The van der Waals surface area contributed by atoms with Crippen molar-refractivity contribution in [1.82, 2.24) is 9.13 Å². The minimum absolute atomic E-state index is 0.0310. The Balaban J connectivity index is 1.38. The molecule has 0 atom stereocenters. The van der Waals surface area contributed by atoms with E-state index in [4.69, 9.17) is 0 Å². The fourth-order valence-electron chi connectivity index (χ4n) is 9.24. The van der Waals surface area contributed by atoms with Crippen LogP contribution in [0.15, 0.2) is 152 Å². The van der Waals surface area contributed by atoms with E-state index in [1.54, 1.807) is 33.4 Å². The highest BCUT2D eigenvalue weighted by Gasteiger charge is 2.40. The predicted octanol–water partition coefficient (Wildman–Crippen LogP) is 15.4. The molecule has 294 valence electrons. The summed E-state index contributed by atoms with van der Waals surface area (Å²) in [5.41, 5.74) is 7.99. The molecule has 0 N–H and O–H groups in total. The highest BCUT2D eigenvalue weighted by atomic mass is 19.4. The van der Waals surface area contributed by atoms with Crippen molar-refractivity contribution < 1.29 is 22.0 Å². The van der Waals surface area contributed by atoms with E-state index in [0.29, 0.717) is 22.1 Å². The number of hydrogen-bond donors (Lipinski definition) is 0. The largest absolute Gasteiger partial charge is 0.420 e. The Morgan fingerprint density at radius 2 is 0.833 bits per heavy atom. The lowest BCUT2D eigenvalue weighted by molar-refractivity contribution is -0.137. The van der Waals surface area contributed by atoms with Gasteiger partial charge in [0, 0.05) is 21.5 Å². The maximum absolute atomic E-state index is 16.5. The number of hydrogen-bond acceptors (Lipinski definition) is 0. The first-order chi connectivity index (χ1) is 28.9. The van der Waals surface area contributed by atoms with Crippen molar-refractivity contribution in [3.63, 3.8) is 0 Å². The van der Waals surface area contributed by atoms with Crippen LogP contribution in [0.5, 0.6) is 0 Å². The average molecular weight is 797 g/mol. The van der Waals surface area contributed by atoms with Gasteiger partial charge >= 0.3 is 6.18 Å². The smallest absolute Gasteiger partial charge is 0.309 e. The van der Waals surface area contributed by atoms with Crippen LogP contribution in [0.1, 0.15) is 27.8 Å². The fraction of sp³-hybridized carbons (Fsp3) is 0.0943. The first-order valence-electron chi connectivity index (χ1n) is 19.8. The highest BCUT2D eigenvalue weighted by Crippen LogP contribution is 2.47. The van der Waals surface area contributed by atoms with E-state index in [1.807, 2.05) is 113 Å². The standard InChI is InChI=1S/C53H37F5N2/c1-30-16-20-37(32(3)24-30)34-18-22-41-39-10-5-7-14-45(39)59(47(41)26-34)49-28-36(51-43(54)12-9-13-44(51)55)29-50(52(49)53(56,57)58)60-46-15-8-6-11-40(46)42-23-19-35(27-48(42)60)38-21-17-31(2)25-33(38)4/h5-29H,1-4H3. The molecule has 0 fully saturated rings. The van der Waals surface area contributed by atoms with Crippen LogP contribution < -0.4 is 0 Å². The number of para-hydroxylation sites is 2. The monoisotopic (exact) mass is 796 g/mol. The second-order valence-corrected chi connectivity index (χ2v) is 15.8. The zero-order valence-electron chi connectivity index (χ0n) is 33.2. The van der Waals surface area contributed by atoms with Crippen molar-refractivity contribution in [3.05, 3.63) is 191 Å². The maximum atomic E-state index is 16.5. The van der Waals surface area contributed by atoms with Gasteiger partial charge in [-0.3, -0.25) is 0 Å². The topological polar surface area (TPSA) is 9.86 Å². The van der Waals surface area contributed by atoms with Crippen LogP contribution in [0.4, 0.5) is 22.0 Å². The summed E-state index contributed by atoms with van der Waals surface area (Å²) in [6.07, 6.45) is -4.94. The Morgan fingerprint density at radius 1 is 0.400 bits per heavy atom. The van der Waals surface area contributed by atoms with E-state index >= 15 is 22.0 Å². The molecule has 0 bridgehead atoms. The molecule has 10 aromatic rings. The van der Waals surface area contributed by atoms with Gasteiger partial charge in [-0.15, -0.1) is 0 Å². The van der Waals surface area contributed by atoms with Crippen LogP contribution in [0.3, 0.4) is 0 Å². The maximum Gasteiger partial charge on any atom is 0.420 e. The van der Waals surface area contributed by atoms with E-state index in [0.717, 1.165) is 78.2 Å². The third kappa shape index (κ3) is 5.90. The predicted molar refractivity (Wildman–Crippen MR) is 235 cm³/mol. The van der Waals surface area contributed by atoms with E-state index in [-0.39, 0.29) is 16.9 Å². The van der Waals surface area contributed by atoms with Gasteiger partial charge in [0.15, 0.2) is 0 Å². The van der Waals surface area contributed by atoms with E-state index in [1.165, 1.54) is 18.2 Å². The lowest BCUT2D eigenvalue weighted by atomic mass is 9.97. The average Bonchev–Trinajstić information content (AvgIpc) is 3.72. The van der Waals surface area contributed by atoms with Gasteiger partial charge in [-0.2, -0.15) is 13.2 Å². The van der Waals surface area contributed by atoms with Crippen molar-refractivity contribution in [3.8, 4) is 44.8 Å². The van der Waals surface area contributed by atoms with Crippen LogP contribution in [0, 0.1) is 39.3 Å². The molecule has 2 aromatic heterocycles. The van der Waals surface area contributed by atoms with Gasteiger partial charge < -0.3 is 9.13 Å². The molecule has 0 saturated heterocycles. The second-order valence-electron chi connectivity index (χ2n) is 15.8. The van der Waals surface area contributed by atoms with Crippen LogP contribution in [-0.2, 0) is 6.18 Å². The van der Waals surface area contributed by atoms with Gasteiger partial charge in [-0.25, -0.2) is 8.78 Å². The van der Waals surface area contributed by atoms with Gasteiger partial charge in [0.2, 0.25) is 0 Å². The summed E-state index contributed by atoms with van der Waals surface area (Å²) >= 11 is 0. The second kappa shape index (κ2) is 13.8. The lowest BCUT2D eigenvalue weighted by Crippen LogP contribution is -2.16. The zero-order chi connectivity index (χ0) is 41.6. The summed E-state index contributed by atoms with van der Waals surface area (Å²) in [6, 6.07) is 44.7. The molecule has 0 unspecified atom stereocenters. The van der Waals surface area contributed by atoms with E-state index in [9.17, 15) is 0 Å². The number of alkyl halides is 3. The fourth-order valence-corrected chi connectivity index (χ4v) is 9.24. The molecule has 2 heterocycles. The van der Waals surface area contributed by atoms with Crippen molar-refractivity contribution in [2.45, 2.75) is 33.9 Å². The summed E-state index contributed by atoms with van der Waals surface area (Å²) < 4.78 is 84.6. The van der Waals surface area contributed by atoms with Gasteiger partial charge in [0.25, 0.3) is 0 Å². The molecule has 0 amide bonds. The Morgan fingerprint density at radius 3 is 1.27 bits per heavy atom. The number of fused-ring (bicyclic) bond motifs is 6. The van der Waals surface area contributed by atoms with Crippen LogP contribution in [0.25, 0.3) is 88.4 Å².